The van der Waals surface area contributed by atoms with Gasteiger partial charge in [0.15, 0.2) is 0 Å². The van der Waals surface area contributed by atoms with Crippen LogP contribution in [0.1, 0.15) is 0 Å². The Hall–Kier alpha value is -7.46. The number of nitrogens with zero attached hydrogens (tertiary/aromatic N) is 2. The topological polar surface area (TPSA) is 8.17 Å². The van der Waals surface area contributed by atoms with Crippen LogP contribution in [0.15, 0.2) is 206 Å². The normalized spacial score (nSPS) is 12.1. The van der Waals surface area contributed by atoms with E-state index in [1.54, 1.807) is 0 Å². The van der Waals surface area contributed by atoms with E-state index in [4.69, 9.17) is 0 Å². The van der Waals surface area contributed by atoms with E-state index in [9.17, 15) is 0 Å². The van der Waals surface area contributed by atoms with Gasteiger partial charge in [-0.2, -0.15) is 0 Å². The Morgan fingerprint density at radius 3 is 1.66 bits per heavy atom. The van der Waals surface area contributed by atoms with Crippen molar-refractivity contribution in [2.75, 3.05) is 4.90 Å². The van der Waals surface area contributed by atoms with Crippen LogP contribution in [0.5, 0.6) is 0 Å². The van der Waals surface area contributed by atoms with Crippen molar-refractivity contribution in [3.63, 3.8) is 0 Å². The minimum absolute atomic E-state index is 1.13. The summed E-state index contributed by atoms with van der Waals surface area (Å²) in [5, 5.41) is 17.6. The van der Waals surface area contributed by atoms with Crippen molar-refractivity contribution in [2.24, 2.45) is 0 Å². The summed E-state index contributed by atoms with van der Waals surface area (Å²) >= 11 is 1.88. The van der Waals surface area contributed by atoms with Crippen LogP contribution in [0.25, 0.3) is 102 Å². The highest BCUT2D eigenvalue weighted by Gasteiger charge is 2.23. The fourth-order valence-electron chi connectivity index (χ4n) is 9.92. The maximum absolute atomic E-state index is 2.52. The molecule has 2 aromatic heterocycles. The van der Waals surface area contributed by atoms with Gasteiger partial charge in [-0.25, -0.2) is 0 Å². The van der Waals surface area contributed by atoms with Crippen LogP contribution in [0.3, 0.4) is 0 Å². The Bertz CT molecular complexity index is 3830. The third-order valence-electron chi connectivity index (χ3n) is 12.5. The highest BCUT2D eigenvalue weighted by molar-refractivity contribution is 7.26. The second-order valence-electron chi connectivity index (χ2n) is 15.6. The second-order valence-corrected chi connectivity index (χ2v) is 16.7. The zero-order valence-corrected chi connectivity index (χ0v) is 32.7. The minimum atomic E-state index is 1.13. The Kier molecular flexibility index (Phi) is 6.92. The molecule has 2 heterocycles. The lowest BCUT2D eigenvalue weighted by atomic mass is 9.94. The van der Waals surface area contributed by atoms with Gasteiger partial charge in [0.2, 0.25) is 0 Å². The molecular formula is C56H34N2S. The van der Waals surface area contributed by atoms with Gasteiger partial charge in [0, 0.05) is 42.7 Å². The smallest absolute Gasteiger partial charge is 0.0640 e. The first-order valence-corrected chi connectivity index (χ1v) is 21.1. The summed E-state index contributed by atoms with van der Waals surface area (Å²) in [5.74, 6) is 0. The maximum atomic E-state index is 2.52. The first-order chi connectivity index (χ1) is 29.3. The average Bonchev–Trinajstić information content (AvgIpc) is 3.84. The van der Waals surface area contributed by atoms with E-state index in [2.05, 4.69) is 216 Å². The largest absolute Gasteiger partial charge is 0.309 e. The highest BCUT2D eigenvalue weighted by Crippen LogP contribution is 2.49. The molecule has 0 fully saturated rings. The Balaban J connectivity index is 1.12. The summed E-state index contributed by atoms with van der Waals surface area (Å²) in [4.78, 5) is 2.52. The zero-order chi connectivity index (χ0) is 38.6. The molecule has 0 spiro atoms. The van der Waals surface area contributed by atoms with Crippen molar-refractivity contribution in [3.8, 4) is 5.69 Å². The van der Waals surface area contributed by atoms with Gasteiger partial charge in [0.1, 0.15) is 0 Å². The van der Waals surface area contributed by atoms with Gasteiger partial charge in [-0.1, -0.05) is 152 Å². The van der Waals surface area contributed by atoms with E-state index in [1.807, 2.05) is 11.3 Å². The van der Waals surface area contributed by atoms with Crippen LogP contribution in [-0.2, 0) is 0 Å². The number of hydrogen-bond acceptors (Lipinski definition) is 2. The van der Waals surface area contributed by atoms with E-state index in [0.717, 1.165) is 11.4 Å². The summed E-state index contributed by atoms with van der Waals surface area (Å²) in [5.41, 5.74) is 7.03. The van der Waals surface area contributed by atoms with Crippen LogP contribution in [-0.4, -0.2) is 4.57 Å². The molecule has 0 N–H and O–H groups in total. The predicted octanol–water partition coefficient (Wildman–Crippen LogP) is 16.4. The third kappa shape index (κ3) is 4.74. The number of fused-ring (bicyclic) bond motifs is 14. The molecule has 59 heavy (non-hydrogen) atoms. The number of para-hydroxylation sites is 1. The van der Waals surface area contributed by atoms with Crippen molar-refractivity contribution in [1.82, 2.24) is 4.57 Å². The molecule has 13 aromatic rings. The molecule has 0 aliphatic rings. The first-order valence-electron chi connectivity index (χ1n) is 20.3. The SMILES string of the molecule is c1ccc2cc3c(cc2c1)c1ccccc1n3-c1ccc(N(c2ccc3c4ccccc4c4ccccc4c3c2)c2cccc3c2sc2ccccc23)c2ccccc12. The molecule has 13 rings (SSSR count). The van der Waals surface area contributed by atoms with Gasteiger partial charge in [-0.05, 0) is 97.7 Å². The average molecular weight is 767 g/mol. The summed E-state index contributed by atoms with van der Waals surface area (Å²) < 4.78 is 5.05. The Morgan fingerprint density at radius 1 is 0.322 bits per heavy atom. The van der Waals surface area contributed by atoms with E-state index in [-0.39, 0.29) is 0 Å². The van der Waals surface area contributed by atoms with Gasteiger partial charge in [-0.3, -0.25) is 0 Å². The van der Waals surface area contributed by atoms with Gasteiger partial charge >= 0.3 is 0 Å². The summed E-state index contributed by atoms with van der Waals surface area (Å²) in [6.07, 6.45) is 0. The number of rotatable bonds is 4. The molecule has 0 aliphatic carbocycles. The molecule has 0 aliphatic heterocycles. The van der Waals surface area contributed by atoms with Crippen LogP contribution < -0.4 is 4.90 Å². The molecule has 0 bridgehead atoms. The van der Waals surface area contributed by atoms with E-state index < -0.39 is 0 Å². The molecule has 0 amide bonds. The van der Waals surface area contributed by atoms with Crippen molar-refractivity contribution < 1.29 is 0 Å². The highest BCUT2D eigenvalue weighted by atomic mass is 32.1. The van der Waals surface area contributed by atoms with Gasteiger partial charge in [0.05, 0.1) is 32.8 Å². The number of aromatic nitrogens is 1. The molecule has 11 aromatic carbocycles. The summed E-state index contributed by atoms with van der Waals surface area (Å²) in [6, 6.07) is 76.4. The fraction of sp³-hybridized carbons (Fsp3) is 0. The standard InChI is InChI=1S/C56H34N2S/c1-2-15-36-33-54-49(32-35(36)14-1)45-22-9-11-25-50(45)58(54)52-31-30-51(43-20-7-8-21-44(43)52)57(53-26-13-24-47-46-23-10-12-27-55(46)59-56(47)53)37-28-29-42-40-18-4-3-16-38(40)39-17-5-6-19-41(39)48(42)34-37/h1-34H. The van der Waals surface area contributed by atoms with E-state index in [1.165, 1.54) is 107 Å². The van der Waals surface area contributed by atoms with Gasteiger partial charge in [-0.15, -0.1) is 11.3 Å². The van der Waals surface area contributed by atoms with Crippen LogP contribution in [0.2, 0.25) is 0 Å². The number of benzene rings is 11. The summed E-state index contributed by atoms with van der Waals surface area (Å²) in [6.45, 7) is 0. The molecule has 0 unspecified atom stereocenters. The van der Waals surface area contributed by atoms with Crippen LogP contribution in [0, 0.1) is 0 Å². The number of hydrogen-bond donors (Lipinski definition) is 0. The van der Waals surface area contributed by atoms with Crippen molar-refractivity contribution in [3.05, 3.63) is 206 Å². The van der Waals surface area contributed by atoms with Gasteiger partial charge in [0.25, 0.3) is 0 Å². The second kappa shape index (κ2) is 12.5. The van der Waals surface area contributed by atoms with E-state index >= 15 is 0 Å². The van der Waals surface area contributed by atoms with Crippen LogP contribution in [0.4, 0.5) is 17.1 Å². The number of thiophene rings is 1. The lowest BCUT2D eigenvalue weighted by Crippen LogP contribution is -2.11. The molecular weight excluding hydrogens is 733 g/mol. The van der Waals surface area contributed by atoms with Crippen LogP contribution >= 0.6 is 11.3 Å². The van der Waals surface area contributed by atoms with Crippen molar-refractivity contribution in [1.29, 1.82) is 0 Å². The lowest BCUT2D eigenvalue weighted by molar-refractivity contribution is 1.20. The third-order valence-corrected chi connectivity index (χ3v) is 13.7. The molecule has 0 saturated heterocycles. The molecule has 2 nitrogen and oxygen atoms in total. The Labute approximate surface area is 344 Å². The molecule has 0 radical (unpaired) electrons. The first kappa shape index (κ1) is 32.6. The molecule has 3 heteroatoms. The molecule has 0 saturated carbocycles. The minimum Gasteiger partial charge on any atom is -0.309 e. The van der Waals surface area contributed by atoms with Crippen molar-refractivity contribution >= 4 is 124 Å². The monoisotopic (exact) mass is 766 g/mol. The zero-order valence-electron chi connectivity index (χ0n) is 31.9. The predicted molar refractivity (Wildman–Crippen MR) is 256 cm³/mol. The quantitative estimate of drug-likeness (QED) is 0.162. The number of anilines is 3. The lowest BCUT2D eigenvalue weighted by Gasteiger charge is -2.29. The van der Waals surface area contributed by atoms with Crippen molar-refractivity contribution in [2.45, 2.75) is 0 Å². The van der Waals surface area contributed by atoms with Gasteiger partial charge < -0.3 is 9.47 Å². The summed E-state index contributed by atoms with van der Waals surface area (Å²) in [7, 11) is 0. The maximum Gasteiger partial charge on any atom is 0.0640 e. The molecule has 0 atom stereocenters. The molecule has 274 valence electrons. The van der Waals surface area contributed by atoms with E-state index in [0.29, 0.717) is 0 Å². The Morgan fingerprint density at radius 2 is 0.898 bits per heavy atom. The fourth-order valence-corrected chi connectivity index (χ4v) is 11.1.